The van der Waals surface area contributed by atoms with Crippen molar-refractivity contribution in [3.63, 3.8) is 0 Å². The monoisotopic (exact) mass is 249 g/mol. The highest BCUT2D eigenvalue weighted by Crippen LogP contribution is 2.19. The molecule has 6 heteroatoms. The molecule has 6 nitrogen and oxygen atoms in total. The number of anilines is 1. The number of nitrogens with one attached hydrogen (secondary N) is 1. The lowest BCUT2D eigenvalue weighted by atomic mass is 10.1. The quantitative estimate of drug-likeness (QED) is 0.767. The molecule has 2 unspecified atom stereocenters. The molecule has 0 aromatic carbocycles. The first-order valence-corrected chi connectivity index (χ1v) is 5.85. The molecule has 96 valence electrons. The lowest BCUT2D eigenvalue weighted by molar-refractivity contribution is -0.140. The van der Waals surface area contributed by atoms with Crippen molar-refractivity contribution < 1.29 is 9.90 Å². The molecule has 0 radical (unpaired) electrons. The van der Waals surface area contributed by atoms with E-state index in [-0.39, 0.29) is 17.4 Å². The molecule has 18 heavy (non-hydrogen) atoms. The summed E-state index contributed by atoms with van der Waals surface area (Å²) in [7, 11) is 0. The number of aliphatic carboxylic acids is 1. The largest absolute Gasteiger partial charge is 0.481 e. The normalized spacial score (nSPS) is 22.1. The van der Waals surface area contributed by atoms with Gasteiger partial charge in [-0.3, -0.25) is 9.59 Å². The molecule has 0 aliphatic heterocycles. The first kappa shape index (κ1) is 12.3. The Morgan fingerprint density at radius 3 is 3.00 bits per heavy atom. The van der Waals surface area contributed by atoms with Crippen molar-refractivity contribution in [2.75, 3.05) is 5.32 Å². The zero-order chi connectivity index (χ0) is 13.1. The Balaban J connectivity index is 2.10. The van der Waals surface area contributed by atoms with Gasteiger partial charge in [0.1, 0.15) is 0 Å². The van der Waals surface area contributed by atoms with E-state index in [1.165, 1.54) is 0 Å². The van der Waals surface area contributed by atoms with Crippen LogP contribution in [-0.4, -0.2) is 26.7 Å². The summed E-state index contributed by atoms with van der Waals surface area (Å²) < 4.78 is 1.54. The molecule has 1 aliphatic carbocycles. The second-order valence-electron chi connectivity index (χ2n) is 4.18. The molecule has 1 aromatic rings. The summed E-state index contributed by atoms with van der Waals surface area (Å²) >= 11 is 0. The van der Waals surface area contributed by atoms with Crippen molar-refractivity contribution in [3.8, 4) is 0 Å². The van der Waals surface area contributed by atoms with E-state index in [2.05, 4.69) is 10.3 Å². The molecular formula is C12H15N3O3. The minimum absolute atomic E-state index is 0.154. The third-order valence-corrected chi connectivity index (χ3v) is 2.98. The standard InChI is InChI=1S/C12H15N3O3/c1-2-15-6-5-13-10(11(15)16)14-9-4-3-8(7-9)12(17)18/h3-6,8-9H,2,7H2,1H3,(H,13,14)(H,17,18). The van der Waals surface area contributed by atoms with E-state index in [0.717, 1.165) is 0 Å². The molecule has 1 heterocycles. The summed E-state index contributed by atoms with van der Waals surface area (Å²) in [5, 5.41) is 11.8. The number of rotatable bonds is 4. The lowest BCUT2D eigenvalue weighted by Gasteiger charge is -2.13. The average molecular weight is 249 g/mol. The fourth-order valence-electron chi connectivity index (χ4n) is 1.96. The smallest absolute Gasteiger partial charge is 0.310 e. The number of aryl methyl sites for hydroxylation is 1. The van der Waals surface area contributed by atoms with Gasteiger partial charge in [-0.25, -0.2) is 4.98 Å². The van der Waals surface area contributed by atoms with Crippen LogP contribution in [-0.2, 0) is 11.3 Å². The van der Waals surface area contributed by atoms with Crippen molar-refractivity contribution in [2.24, 2.45) is 5.92 Å². The molecule has 0 bridgehead atoms. The zero-order valence-corrected chi connectivity index (χ0v) is 10.0. The zero-order valence-electron chi connectivity index (χ0n) is 10.0. The van der Waals surface area contributed by atoms with Crippen molar-refractivity contribution >= 4 is 11.8 Å². The number of aromatic nitrogens is 2. The maximum Gasteiger partial charge on any atom is 0.310 e. The Hall–Kier alpha value is -2.11. The minimum atomic E-state index is -0.845. The Kier molecular flexibility index (Phi) is 3.45. The summed E-state index contributed by atoms with van der Waals surface area (Å²) in [6, 6.07) is -0.154. The molecule has 0 saturated carbocycles. The van der Waals surface area contributed by atoms with Crippen LogP contribution in [0.2, 0.25) is 0 Å². The Bertz CT molecular complexity index is 536. The summed E-state index contributed by atoms with van der Waals surface area (Å²) in [6.45, 7) is 2.45. The van der Waals surface area contributed by atoms with Crippen molar-refractivity contribution in [1.82, 2.24) is 9.55 Å². The van der Waals surface area contributed by atoms with E-state index in [1.54, 1.807) is 29.1 Å². The molecule has 2 N–H and O–H groups in total. The van der Waals surface area contributed by atoms with E-state index in [9.17, 15) is 9.59 Å². The van der Waals surface area contributed by atoms with Gasteiger partial charge >= 0.3 is 5.97 Å². The number of carboxylic acid groups (broad SMARTS) is 1. The van der Waals surface area contributed by atoms with E-state index in [0.29, 0.717) is 13.0 Å². The number of nitrogens with zero attached hydrogens (tertiary/aromatic N) is 2. The highest BCUT2D eigenvalue weighted by atomic mass is 16.4. The van der Waals surface area contributed by atoms with E-state index >= 15 is 0 Å². The van der Waals surface area contributed by atoms with E-state index in [1.807, 2.05) is 6.92 Å². The molecule has 0 saturated heterocycles. The second-order valence-corrected chi connectivity index (χ2v) is 4.18. The van der Waals surface area contributed by atoms with Gasteiger partial charge in [0.2, 0.25) is 0 Å². The van der Waals surface area contributed by atoms with Gasteiger partial charge in [0.15, 0.2) is 5.82 Å². The maximum absolute atomic E-state index is 11.9. The van der Waals surface area contributed by atoms with Gasteiger partial charge in [-0.05, 0) is 13.3 Å². The third kappa shape index (κ3) is 2.42. The first-order chi connectivity index (χ1) is 8.61. The van der Waals surface area contributed by atoms with Gasteiger partial charge in [0.05, 0.1) is 5.92 Å². The lowest BCUT2D eigenvalue weighted by Crippen LogP contribution is -2.28. The summed E-state index contributed by atoms with van der Waals surface area (Å²) in [5.74, 6) is -1.07. The van der Waals surface area contributed by atoms with Crippen LogP contribution in [0, 0.1) is 5.92 Å². The van der Waals surface area contributed by atoms with Crippen LogP contribution in [0.4, 0.5) is 5.82 Å². The highest BCUT2D eigenvalue weighted by molar-refractivity contribution is 5.73. The topological polar surface area (TPSA) is 84.2 Å². The Labute approximate surface area is 104 Å². The van der Waals surface area contributed by atoms with Gasteiger partial charge < -0.3 is 15.0 Å². The van der Waals surface area contributed by atoms with Crippen LogP contribution < -0.4 is 10.9 Å². The van der Waals surface area contributed by atoms with E-state index < -0.39 is 11.9 Å². The summed E-state index contributed by atoms with van der Waals surface area (Å²) in [4.78, 5) is 26.7. The molecule has 1 aliphatic rings. The van der Waals surface area contributed by atoms with Crippen LogP contribution in [0.5, 0.6) is 0 Å². The van der Waals surface area contributed by atoms with Crippen molar-refractivity contribution in [2.45, 2.75) is 25.9 Å². The van der Waals surface area contributed by atoms with Crippen molar-refractivity contribution in [1.29, 1.82) is 0 Å². The fraction of sp³-hybridized carbons (Fsp3) is 0.417. The number of carboxylic acids is 1. The van der Waals surface area contributed by atoms with Gasteiger partial charge in [-0.2, -0.15) is 0 Å². The Morgan fingerprint density at radius 2 is 2.39 bits per heavy atom. The van der Waals surface area contributed by atoms with Crippen LogP contribution in [0.25, 0.3) is 0 Å². The SMILES string of the molecule is CCn1ccnc(NC2C=CC(C(=O)O)C2)c1=O. The van der Waals surface area contributed by atoms with Crippen LogP contribution in [0.15, 0.2) is 29.3 Å². The molecular weight excluding hydrogens is 234 g/mol. The number of carbonyl (C=O) groups is 1. The van der Waals surface area contributed by atoms with Gasteiger partial charge in [-0.1, -0.05) is 12.2 Å². The average Bonchev–Trinajstić information content (AvgIpc) is 2.80. The van der Waals surface area contributed by atoms with Crippen LogP contribution >= 0.6 is 0 Å². The summed E-state index contributed by atoms with van der Waals surface area (Å²) in [6.07, 6.45) is 7.03. The summed E-state index contributed by atoms with van der Waals surface area (Å²) in [5.41, 5.74) is -0.188. The number of hydrogen-bond acceptors (Lipinski definition) is 4. The van der Waals surface area contributed by atoms with Crippen molar-refractivity contribution in [3.05, 3.63) is 34.9 Å². The third-order valence-electron chi connectivity index (χ3n) is 2.98. The minimum Gasteiger partial charge on any atom is -0.481 e. The first-order valence-electron chi connectivity index (χ1n) is 5.85. The van der Waals surface area contributed by atoms with Crippen LogP contribution in [0.3, 0.4) is 0 Å². The fourth-order valence-corrected chi connectivity index (χ4v) is 1.96. The van der Waals surface area contributed by atoms with Gasteiger partial charge in [0, 0.05) is 25.0 Å². The van der Waals surface area contributed by atoms with Gasteiger partial charge in [0.25, 0.3) is 5.56 Å². The Morgan fingerprint density at radius 1 is 1.61 bits per heavy atom. The molecule has 2 atom stereocenters. The van der Waals surface area contributed by atoms with Crippen LogP contribution in [0.1, 0.15) is 13.3 Å². The molecule has 0 amide bonds. The highest BCUT2D eigenvalue weighted by Gasteiger charge is 2.24. The van der Waals surface area contributed by atoms with Gasteiger partial charge in [-0.15, -0.1) is 0 Å². The van der Waals surface area contributed by atoms with E-state index in [4.69, 9.17) is 5.11 Å². The maximum atomic E-state index is 11.9. The second kappa shape index (κ2) is 5.03. The molecule has 1 aromatic heterocycles. The predicted octanol–water partition coefficient (Wildman–Crippen LogP) is 0.704. The molecule has 0 fully saturated rings. The number of hydrogen-bond donors (Lipinski definition) is 2. The predicted molar refractivity (Wildman–Crippen MR) is 66.5 cm³/mol. The molecule has 2 rings (SSSR count). The molecule has 0 spiro atoms.